The van der Waals surface area contributed by atoms with Crippen molar-refractivity contribution >= 4 is 22.9 Å². The minimum absolute atomic E-state index is 0.415. The predicted molar refractivity (Wildman–Crippen MR) is 64.4 cm³/mol. The van der Waals surface area contributed by atoms with Crippen LogP contribution in [0.4, 0.5) is 5.69 Å². The average Bonchev–Trinajstić information content (AvgIpc) is 2.79. The lowest BCUT2D eigenvalue weighted by Gasteiger charge is -2.08. The lowest BCUT2D eigenvalue weighted by molar-refractivity contribution is 0.100. The number of carbonyl (C=O) groups is 1. The van der Waals surface area contributed by atoms with E-state index in [-0.39, 0.29) is 0 Å². The van der Waals surface area contributed by atoms with Gasteiger partial charge in [0, 0.05) is 18.9 Å². The highest BCUT2D eigenvalue weighted by atomic mass is 32.1. The SMILES string of the molecule is NC(=O)c1cnccc1NCc1ccsc1. The summed E-state index contributed by atoms with van der Waals surface area (Å²) >= 11 is 1.64. The second-order valence-electron chi connectivity index (χ2n) is 3.27. The number of primary amides is 1. The maximum atomic E-state index is 11.1. The molecule has 1 amide bonds. The summed E-state index contributed by atoms with van der Waals surface area (Å²) in [5.41, 5.74) is 7.56. The molecule has 4 nitrogen and oxygen atoms in total. The Balaban J connectivity index is 2.12. The van der Waals surface area contributed by atoms with E-state index in [4.69, 9.17) is 5.73 Å². The molecule has 0 spiro atoms. The standard InChI is InChI=1S/C11H11N3OS/c12-11(15)9-6-13-3-1-10(9)14-5-8-2-4-16-7-8/h1-4,6-7H,5H2,(H2,12,15)(H,13,14). The monoisotopic (exact) mass is 233 g/mol. The summed E-state index contributed by atoms with van der Waals surface area (Å²) in [6.07, 6.45) is 3.10. The number of hydrogen-bond acceptors (Lipinski definition) is 4. The van der Waals surface area contributed by atoms with Crippen molar-refractivity contribution in [2.75, 3.05) is 5.32 Å². The first-order valence-electron chi connectivity index (χ1n) is 4.76. The third-order valence-corrected chi connectivity index (χ3v) is 2.88. The lowest BCUT2D eigenvalue weighted by Crippen LogP contribution is -2.14. The van der Waals surface area contributed by atoms with E-state index in [9.17, 15) is 4.79 Å². The smallest absolute Gasteiger partial charge is 0.252 e. The van der Waals surface area contributed by atoms with Crippen LogP contribution in [0.1, 0.15) is 15.9 Å². The van der Waals surface area contributed by atoms with Gasteiger partial charge in [0.25, 0.3) is 5.91 Å². The third-order valence-electron chi connectivity index (χ3n) is 2.15. The third kappa shape index (κ3) is 2.38. The number of rotatable bonds is 4. The van der Waals surface area contributed by atoms with Gasteiger partial charge in [0.1, 0.15) is 0 Å². The molecule has 0 aromatic carbocycles. The number of carbonyl (C=O) groups excluding carboxylic acids is 1. The van der Waals surface area contributed by atoms with E-state index in [2.05, 4.69) is 15.7 Å². The fourth-order valence-electron chi connectivity index (χ4n) is 1.34. The highest BCUT2D eigenvalue weighted by molar-refractivity contribution is 7.07. The number of nitrogens with two attached hydrogens (primary N) is 1. The van der Waals surface area contributed by atoms with Gasteiger partial charge in [-0.2, -0.15) is 11.3 Å². The molecule has 2 heterocycles. The van der Waals surface area contributed by atoms with Crippen LogP contribution in [0.15, 0.2) is 35.3 Å². The van der Waals surface area contributed by atoms with E-state index in [1.165, 1.54) is 11.8 Å². The van der Waals surface area contributed by atoms with Crippen LogP contribution < -0.4 is 11.1 Å². The Hall–Kier alpha value is -1.88. The van der Waals surface area contributed by atoms with Crippen molar-refractivity contribution in [2.45, 2.75) is 6.54 Å². The maximum absolute atomic E-state index is 11.1. The van der Waals surface area contributed by atoms with Crippen molar-refractivity contribution in [3.05, 3.63) is 46.4 Å². The van der Waals surface area contributed by atoms with Crippen LogP contribution in [0, 0.1) is 0 Å². The van der Waals surface area contributed by atoms with Crippen LogP contribution in [0.2, 0.25) is 0 Å². The molecule has 0 saturated carbocycles. The second-order valence-corrected chi connectivity index (χ2v) is 4.05. The zero-order valence-corrected chi connectivity index (χ0v) is 9.33. The molecular formula is C11H11N3OS. The van der Waals surface area contributed by atoms with E-state index in [0.29, 0.717) is 17.8 Å². The molecular weight excluding hydrogens is 222 g/mol. The van der Waals surface area contributed by atoms with Crippen molar-refractivity contribution in [2.24, 2.45) is 5.73 Å². The molecule has 0 unspecified atom stereocenters. The lowest BCUT2D eigenvalue weighted by atomic mass is 10.2. The topological polar surface area (TPSA) is 68.0 Å². The van der Waals surface area contributed by atoms with Crippen LogP contribution in [-0.2, 0) is 6.54 Å². The molecule has 0 saturated heterocycles. The van der Waals surface area contributed by atoms with Crippen molar-refractivity contribution in [3.63, 3.8) is 0 Å². The Morgan fingerprint density at radius 1 is 1.50 bits per heavy atom. The van der Waals surface area contributed by atoms with Gasteiger partial charge in [0.2, 0.25) is 0 Å². The fraction of sp³-hybridized carbons (Fsp3) is 0.0909. The Labute approximate surface area is 97.1 Å². The van der Waals surface area contributed by atoms with Crippen LogP contribution in [0.25, 0.3) is 0 Å². The molecule has 0 bridgehead atoms. The number of nitrogens with zero attached hydrogens (tertiary/aromatic N) is 1. The van der Waals surface area contributed by atoms with Crippen LogP contribution in [0.3, 0.4) is 0 Å². The molecule has 3 N–H and O–H groups in total. The van der Waals surface area contributed by atoms with Gasteiger partial charge in [-0.15, -0.1) is 0 Å². The van der Waals surface area contributed by atoms with Crippen molar-refractivity contribution < 1.29 is 4.79 Å². The molecule has 0 atom stereocenters. The summed E-state index contributed by atoms with van der Waals surface area (Å²) < 4.78 is 0. The number of amides is 1. The van der Waals surface area contributed by atoms with E-state index in [0.717, 1.165) is 0 Å². The van der Waals surface area contributed by atoms with Crippen molar-refractivity contribution in [1.82, 2.24) is 4.98 Å². The summed E-state index contributed by atoms with van der Waals surface area (Å²) in [5.74, 6) is -0.471. The summed E-state index contributed by atoms with van der Waals surface area (Å²) in [6.45, 7) is 0.674. The predicted octanol–water partition coefficient (Wildman–Crippen LogP) is 1.85. The zero-order chi connectivity index (χ0) is 11.4. The molecule has 2 aromatic heterocycles. The molecule has 5 heteroatoms. The van der Waals surface area contributed by atoms with Crippen molar-refractivity contribution in [1.29, 1.82) is 0 Å². The highest BCUT2D eigenvalue weighted by Crippen LogP contribution is 2.15. The second kappa shape index (κ2) is 4.76. The summed E-state index contributed by atoms with van der Waals surface area (Å²) in [7, 11) is 0. The minimum Gasteiger partial charge on any atom is -0.380 e. The largest absolute Gasteiger partial charge is 0.380 e. The molecule has 0 fully saturated rings. The summed E-state index contributed by atoms with van der Waals surface area (Å²) in [5, 5.41) is 7.23. The van der Waals surface area contributed by atoms with Gasteiger partial charge in [-0.3, -0.25) is 9.78 Å². The van der Waals surface area contributed by atoms with E-state index in [1.54, 1.807) is 23.6 Å². The number of thiophene rings is 1. The maximum Gasteiger partial charge on any atom is 0.252 e. The summed E-state index contributed by atoms with van der Waals surface area (Å²) in [6, 6.07) is 3.77. The molecule has 0 aliphatic carbocycles. The first-order chi connectivity index (χ1) is 7.77. The molecule has 0 aliphatic heterocycles. The minimum atomic E-state index is -0.471. The van der Waals surface area contributed by atoms with Gasteiger partial charge in [0.05, 0.1) is 11.3 Å². The zero-order valence-electron chi connectivity index (χ0n) is 8.51. The van der Waals surface area contributed by atoms with Crippen molar-refractivity contribution in [3.8, 4) is 0 Å². The Bertz CT molecular complexity index is 482. The number of aromatic nitrogens is 1. The number of nitrogens with one attached hydrogen (secondary N) is 1. The van der Waals surface area contributed by atoms with Crippen LogP contribution >= 0.6 is 11.3 Å². The van der Waals surface area contributed by atoms with Gasteiger partial charge in [-0.25, -0.2) is 0 Å². The average molecular weight is 233 g/mol. The Morgan fingerprint density at radius 2 is 2.38 bits per heavy atom. The molecule has 16 heavy (non-hydrogen) atoms. The fourth-order valence-corrected chi connectivity index (χ4v) is 2.00. The van der Waals surface area contributed by atoms with Gasteiger partial charge in [-0.1, -0.05) is 0 Å². The van der Waals surface area contributed by atoms with Gasteiger partial charge in [0.15, 0.2) is 0 Å². The van der Waals surface area contributed by atoms with Gasteiger partial charge in [-0.05, 0) is 28.5 Å². The Morgan fingerprint density at radius 3 is 3.06 bits per heavy atom. The molecule has 2 rings (SSSR count). The molecule has 0 radical (unpaired) electrons. The van der Waals surface area contributed by atoms with E-state index >= 15 is 0 Å². The van der Waals surface area contributed by atoms with Gasteiger partial charge < -0.3 is 11.1 Å². The van der Waals surface area contributed by atoms with Gasteiger partial charge >= 0.3 is 0 Å². The van der Waals surface area contributed by atoms with E-state index in [1.807, 2.05) is 11.4 Å². The first-order valence-corrected chi connectivity index (χ1v) is 5.70. The Kier molecular flexibility index (Phi) is 3.16. The number of pyridine rings is 1. The van der Waals surface area contributed by atoms with Crippen LogP contribution in [0.5, 0.6) is 0 Å². The number of anilines is 1. The normalized spacial score (nSPS) is 10.0. The molecule has 2 aromatic rings. The first kappa shape index (κ1) is 10.6. The summed E-state index contributed by atoms with van der Waals surface area (Å²) in [4.78, 5) is 15.0. The van der Waals surface area contributed by atoms with E-state index < -0.39 is 5.91 Å². The number of hydrogen-bond donors (Lipinski definition) is 2. The molecule has 0 aliphatic rings. The highest BCUT2D eigenvalue weighted by Gasteiger charge is 2.07. The van der Waals surface area contributed by atoms with Crippen LogP contribution in [-0.4, -0.2) is 10.9 Å². The quantitative estimate of drug-likeness (QED) is 0.846. The molecule has 82 valence electrons.